The fraction of sp³-hybridized carbons (Fsp3) is 0.360. The topological polar surface area (TPSA) is 53.1 Å². The predicted molar refractivity (Wildman–Crippen MR) is 122 cm³/mol. The lowest BCUT2D eigenvalue weighted by Gasteiger charge is -2.34. The van der Waals surface area contributed by atoms with Gasteiger partial charge in [-0.15, -0.1) is 0 Å². The Hall–Kier alpha value is -3.12. The van der Waals surface area contributed by atoms with Crippen LogP contribution in [0.4, 0.5) is 5.69 Å². The van der Waals surface area contributed by atoms with Gasteiger partial charge in [-0.25, -0.2) is 4.90 Å². The van der Waals surface area contributed by atoms with Gasteiger partial charge in [-0.2, -0.15) is 0 Å². The number of hydrogen-bond acceptors (Lipinski definition) is 5. The molecule has 2 aromatic carbocycles. The fourth-order valence-corrected chi connectivity index (χ4v) is 3.97. The van der Waals surface area contributed by atoms with Crippen molar-refractivity contribution in [3.05, 3.63) is 65.4 Å². The molecular weight excluding hydrogens is 390 g/mol. The second-order valence-corrected chi connectivity index (χ2v) is 8.17. The summed E-state index contributed by atoms with van der Waals surface area (Å²) >= 11 is 0. The summed E-state index contributed by atoms with van der Waals surface area (Å²) < 4.78 is 5.68. The van der Waals surface area contributed by atoms with Crippen molar-refractivity contribution in [1.29, 1.82) is 0 Å². The number of benzene rings is 2. The first kappa shape index (κ1) is 21.1. The normalized spacial score (nSPS) is 17.6. The molecule has 1 saturated heterocycles. The van der Waals surface area contributed by atoms with Crippen molar-refractivity contribution in [2.75, 3.05) is 44.7 Å². The number of anilines is 1. The molecule has 0 spiro atoms. The number of rotatable bonds is 6. The molecule has 0 N–H and O–H groups in total. The molecule has 0 aliphatic carbocycles. The number of imide groups is 1. The zero-order valence-electron chi connectivity index (χ0n) is 18.4. The Bertz CT molecular complexity index is 988. The summed E-state index contributed by atoms with van der Waals surface area (Å²) in [5, 5.41) is 0. The van der Waals surface area contributed by atoms with Crippen molar-refractivity contribution in [3.63, 3.8) is 0 Å². The minimum atomic E-state index is -0.273. The SMILES string of the molecule is CCCOc1ccc(C2=C(N3CCN(C)CC3)C(=O)N(c3ccc(C)cc3)C2=O)cc1. The molecule has 1 fully saturated rings. The van der Waals surface area contributed by atoms with E-state index in [-0.39, 0.29) is 11.8 Å². The van der Waals surface area contributed by atoms with E-state index in [0.29, 0.717) is 36.7 Å². The molecule has 4 rings (SSSR count). The first-order valence-corrected chi connectivity index (χ1v) is 10.9. The Morgan fingerprint density at radius 1 is 0.871 bits per heavy atom. The van der Waals surface area contributed by atoms with Crippen molar-refractivity contribution >= 4 is 23.1 Å². The van der Waals surface area contributed by atoms with Crippen LogP contribution in [-0.2, 0) is 9.59 Å². The summed E-state index contributed by atoms with van der Waals surface area (Å²) in [5.41, 5.74) is 3.40. The second-order valence-electron chi connectivity index (χ2n) is 8.17. The smallest absolute Gasteiger partial charge is 0.282 e. The lowest BCUT2D eigenvalue weighted by molar-refractivity contribution is -0.120. The van der Waals surface area contributed by atoms with Gasteiger partial charge >= 0.3 is 0 Å². The molecule has 2 aliphatic rings. The average molecular weight is 420 g/mol. The van der Waals surface area contributed by atoms with E-state index in [9.17, 15) is 9.59 Å². The van der Waals surface area contributed by atoms with Gasteiger partial charge in [-0.05, 0) is 50.2 Å². The number of carbonyl (C=O) groups excluding carboxylic acids is 2. The fourth-order valence-electron chi connectivity index (χ4n) is 3.97. The monoisotopic (exact) mass is 419 g/mol. The van der Waals surface area contributed by atoms with Gasteiger partial charge in [0.1, 0.15) is 11.4 Å². The quantitative estimate of drug-likeness (QED) is 0.673. The molecule has 6 heteroatoms. The Labute approximate surface area is 183 Å². The first-order valence-electron chi connectivity index (χ1n) is 10.9. The third-order valence-corrected chi connectivity index (χ3v) is 5.79. The van der Waals surface area contributed by atoms with Gasteiger partial charge in [0.25, 0.3) is 11.8 Å². The van der Waals surface area contributed by atoms with Gasteiger partial charge in [-0.3, -0.25) is 9.59 Å². The van der Waals surface area contributed by atoms with E-state index in [4.69, 9.17) is 4.74 Å². The van der Waals surface area contributed by atoms with Crippen LogP contribution in [-0.4, -0.2) is 61.4 Å². The summed E-state index contributed by atoms with van der Waals surface area (Å²) in [6, 6.07) is 15.0. The maximum Gasteiger partial charge on any atom is 0.282 e. The number of hydrogen-bond donors (Lipinski definition) is 0. The van der Waals surface area contributed by atoms with Crippen molar-refractivity contribution in [3.8, 4) is 5.75 Å². The van der Waals surface area contributed by atoms with Crippen LogP contribution in [0.5, 0.6) is 5.75 Å². The molecule has 2 amide bonds. The lowest BCUT2D eigenvalue weighted by atomic mass is 10.0. The van der Waals surface area contributed by atoms with Crippen LogP contribution in [0.2, 0.25) is 0 Å². The third kappa shape index (κ3) is 4.21. The summed E-state index contributed by atoms with van der Waals surface area (Å²) in [6.45, 7) is 7.83. The first-order chi connectivity index (χ1) is 15.0. The van der Waals surface area contributed by atoms with Gasteiger partial charge in [-0.1, -0.05) is 36.8 Å². The number of amides is 2. The molecular formula is C25H29N3O3. The van der Waals surface area contributed by atoms with Crippen LogP contribution in [0, 0.1) is 6.92 Å². The van der Waals surface area contributed by atoms with E-state index in [1.54, 1.807) is 0 Å². The van der Waals surface area contributed by atoms with Crippen LogP contribution in [0.25, 0.3) is 5.57 Å². The predicted octanol–water partition coefficient (Wildman–Crippen LogP) is 3.32. The molecule has 31 heavy (non-hydrogen) atoms. The Kier molecular flexibility index (Phi) is 6.09. The Morgan fingerprint density at radius 2 is 1.52 bits per heavy atom. The molecule has 0 aromatic heterocycles. The summed E-state index contributed by atoms with van der Waals surface area (Å²) in [6.07, 6.45) is 0.930. The molecule has 0 atom stereocenters. The minimum Gasteiger partial charge on any atom is -0.494 e. The number of piperazine rings is 1. The zero-order valence-corrected chi connectivity index (χ0v) is 18.4. The number of aryl methyl sites for hydroxylation is 1. The Morgan fingerprint density at radius 3 is 2.13 bits per heavy atom. The highest BCUT2D eigenvalue weighted by Crippen LogP contribution is 2.35. The molecule has 0 saturated carbocycles. The molecule has 2 aromatic rings. The van der Waals surface area contributed by atoms with Gasteiger partial charge in [0.15, 0.2) is 0 Å². The maximum atomic E-state index is 13.6. The van der Waals surface area contributed by atoms with E-state index < -0.39 is 0 Å². The van der Waals surface area contributed by atoms with E-state index in [2.05, 4.69) is 23.8 Å². The largest absolute Gasteiger partial charge is 0.494 e. The highest BCUT2D eigenvalue weighted by molar-refractivity contribution is 6.45. The van der Waals surface area contributed by atoms with Gasteiger partial charge in [0, 0.05) is 26.2 Å². The van der Waals surface area contributed by atoms with Crippen molar-refractivity contribution in [2.45, 2.75) is 20.3 Å². The highest BCUT2D eigenvalue weighted by Gasteiger charge is 2.42. The average Bonchev–Trinajstić information content (AvgIpc) is 3.04. The highest BCUT2D eigenvalue weighted by atomic mass is 16.5. The van der Waals surface area contributed by atoms with Gasteiger partial charge in [0.05, 0.1) is 17.9 Å². The minimum absolute atomic E-state index is 0.250. The van der Waals surface area contributed by atoms with Crippen LogP contribution >= 0.6 is 0 Å². The van der Waals surface area contributed by atoms with E-state index in [1.807, 2.05) is 55.5 Å². The van der Waals surface area contributed by atoms with E-state index >= 15 is 0 Å². The van der Waals surface area contributed by atoms with Crippen LogP contribution < -0.4 is 9.64 Å². The number of ether oxygens (including phenoxy) is 1. The standard InChI is InChI=1S/C25H29N3O3/c1-4-17-31-21-11-7-19(8-12-21)22-23(27-15-13-26(3)14-16-27)25(30)28(24(22)29)20-9-5-18(2)6-10-20/h5-12H,4,13-17H2,1-3H3. The van der Waals surface area contributed by atoms with Crippen LogP contribution in [0.1, 0.15) is 24.5 Å². The van der Waals surface area contributed by atoms with E-state index in [0.717, 1.165) is 36.4 Å². The molecule has 0 unspecified atom stereocenters. The molecule has 2 heterocycles. The molecule has 0 radical (unpaired) electrons. The number of nitrogens with zero attached hydrogens (tertiary/aromatic N) is 3. The summed E-state index contributed by atoms with van der Waals surface area (Å²) in [7, 11) is 2.07. The van der Waals surface area contributed by atoms with Gasteiger partial charge in [0.2, 0.25) is 0 Å². The molecule has 0 bridgehead atoms. The summed E-state index contributed by atoms with van der Waals surface area (Å²) in [5.74, 6) is 0.240. The number of likely N-dealkylation sites (N-methyl/N-ethyl adjacent to an activating group) is 1. The second kappa shape index (κ2) is 8.94. The van der Waals surface area contributed by atoms with Crippen molar-refractivity contribution in [2.24, 2.45) is 0 Å². The summed E-state index contributed by atoms with van der Waals surface area (Å²) in [4.78, 5) is 32.7. The van der Waals surface area contributed by atoms with Crippen molar-refractivity contribution in [1.82, 2.24) is 9.80 Å². The third-order valence-electron chi connectivity index (χ3n) is 5.79. The lowest BCUT2D eigenvalue weighted by Crippen LogP contribution is -2.46. The molecule has 6 nitrogen and oxygen atoms in total. The maximum absolute atomic E-state index is 13.6. The molecule has 162 valence electrons. The molecule has 2 aliphatic heterocycles. The zero-order chi connectivity index (χ0) is 22.0. The van der Waals surface area contributed by atoms with Crippen LogP contribution in [0.15, 0.2) is 54.2 Å². The van der Waals surface area contributed by atoms with Crippen molar-refractivity contribution < 1.29 is 14.3 Å². The van der Waals surface area contributed by atoms with Crippen LogP contribution in [0.3, 0.4) is 0 Å². The van der Waals surface area contributed by atoms with Gasteiger partial charge < -0.3 is 14.5 Å². The Balaban J connectivity index is 1.73. The number of carbonyl (C=O) groups is 2. The van der Waals surface area contributed by atoms with E-state index in [1.165, 1.54) is 4.90 Å².